The molecular weight excluding hydrogens is 466 g/mol. The fourth-order valence-corrected chi connectivity index (χ4v) is 6.31. The first-order valence-electron chi connectivity index (χ1n) is 12.9. The van der Waals surface area contributed by atoms with Crippen LogP contribution in [0.4, 0.5) is 5.00 Å². The highest BCUT2D eigenvalue weighted by atomic mass is 32.1. The Hall–Kier alpha value is -3.43. The highest BCUT2D eigenvalue weighted by Crippen LogP contribution is 2.40. The van der Waals surface area contributed by atoms with Crippen molar-refractivity contribution in [1.82, 2.24) is 5.32 Å². The molecule has 0 spiro atoms. The summed E-state index contributed by atoms with van der Waals surface area (Å²) in [5.74, 6) is 0.786. The maximum atomic E-state index is 13.3. The number of rotatable bonds is 7. The van der Waals surface area contributed by atoms with E-state index >= 15 is 0 Å². The van der Waals surface area contributed by atoms with Crippen molar-refractivity contribution in [3.63, 3.8) is 0 Å². The first kappa shape index (κ1) is 24.3. The van der Waals surface area contributed by atoms with Crippen LogP contribution in [-0.2, 0) is 19.4 Å². The lowest BCUT2D eigenvalue weighted by Crippen LogP contribution is -2.36. The number of aliphatic imine (C=N–C) groups is 1. The van der Waals surface area contributed by atoms with Crippen molar-refractivity contribution in [1.29, 1.82) is 5.26 Å². The number of carbonyl (C=O) groups excluding carboxylic acids is 1. The number of nitriles is 1. The van der Waals surface area contributed by atoms with Gasteiger partial charge in [0.25, 0.3) is 5.91 Å². The number of benzene rings is 2. The van der Waals surface area contributed by atoms with Crippen molar-refractivity contribution in [2.45, 2.75) is 70.4 Å². The third-order valence-corrected chi connectivity index (χ3v) is 8.26. The number of carbonyl (C=O) groups is 1. The van der Waals surface area contributed by atoms with E-state index in [9.17, 15) is 10.1 Å². The molecule has 5 nitrogen and oxygen atoms in total. The van der Waals surface area contributed by atoms with Crippen LogP contribution in [-0.4, -0.2) is 18.2 Å². The molecule has 36 heavy (non-hydrogen) atoms. The van der Waals surface area contributed by atoms with Crippen molar-refractivity contribution >= 4 is 28.5 Å². The number of thiophene rings is 1. The smallest absolute Gasteiger partial charge is 0.254 e. The maximum Gasteiger partial charge on any atom is 0.254 e. The summed E-state index contributed by atoms with van der Waals surface area (Å²) in [5.41, 5.74) is 4.46. The Morgan fingerprint density at radius 3 is 2.64 bits per heavy atom. The molecule has 3 aromatic rings. The van der Waals surface area contributed by atoms with Crippen molar-refractivity contribution in [3.8, 4) is 11.8 Å². The second kappa shape index (κ2) is 11.5. The van der Waals surface area contributed by atoms with E-state index in [1.165, 1.54) is 36.1 Å². The molecule has 184 valence electrons. The van der Waals surface area contributed by atoms with Gasteiger partial charge in [-0.15, -0.1) is 11.3 Å². The van der Waals surface area contributed by atoms with Crippen LogP contribution < -0.4 is 10.1 Å². The number of fused-ring (bicyclic) bond motifs is 1. The number of nitrogens with one attached hydrogen (secondary N) is 1. The SMILES string of the molecule is N#Cc1ccccc1COc1ccc(C=Nc2sc3c(c2C(=O)NC2CCCCC2)CCCC3)cc1. The molecule has 1 heterocycles. The summed E-state index contributed by atoms with van der Waals surface area (Å²) in [6.07, 6.45) is 12.0. The molecule has 5 rings (SSSR count). The van der Waals surface area contributed by atoms with Gasteiger partial charge in [-0.1, -0.05) is 37.5 Å². The van der Waals surface area contributed by atoms with Crippen LogP contribution in [0.1, 0.15) is 82.4 Å². The van der Waals surface area contributed by atoms with E-state index in [1.54, 1.807) is 17.4 Å². The standard InChI is InChI=1S/C30H31N3O2S/c31-18-22-8-4-5-9-23(22)20-35-25-16-14-21(15-17-25)19-32-30-28(26-12-6-7-13-27(26)36-30)29(34)33-24-10-2-1-3-11-24/h4-5,8-9,14-17,19,24H,1-3,6-7,10-13,20H2,(H,33,34). The second-order valence-corrected chi connectivity index (χ2v) is 10.7. The zero-order valence-corrected chi connectivity index (χ0v) is 21.3. The minimum Gasteiger partial charge on any atom is -0.489 e. The lowest BCUT2D eigenvalue weighted by atomic mass is 9.93. The number of aryl methyl sites for hydroxylation is 1. The number of ether oxygens (including phenoxy) is 1. The Bertz CT molecular complexity index is 1280. The predicted octanol–water partition coefficient (Wildman–Crippen LogP) is 6.89. The third kappa shape index (κ3) is 5.68. The van der Waals surface area contributed by atoms with Crippen LogP contribution in [0.25, 0.3) is 0 Å². The van der Waals surface area contributed by atoms with Gasteiger partial charge in [0, 0.05) is 22.7 Å². The minimum absolute atomic E-state index is 0.0508. The Morgan fingerprint density at radius 1 is 1.06 bits per heavy atom. The minimum atomic E-state index is 0.0508. The van der Waals surface area contributed by atoms with Crippen molar-refractivity contribution < 1.29 is 9.53 Å². The van der Waals surface area contributed by atoms with Crippen LogP contribution in [0.15, 0.2) is 53.5 Å². The highest BCUT2D eigenvalue weighted by Gasteiger charge is 2.27. The summed E-state index contributed by atoms with van der Waals surface area (Å²) in [7, 11) is 0. The Morgan fingerprint density at radius 2 is 1.83 bits per heavy atom. The first-order chi connectivity index (χ1) is 17.7. The second-order valence-electron chi connectivity index (χ2n) is 9.58. The first-order valence-corrected chi connectivity index (χ1v) is 13.7. The molecule has 6 heteroatoms. The van der Waals surface area contributed by atoms with Crippen molar-refractivity contribution in [2.75, 3.05) is 0 Å². The molecule has 1 aromatic heterocycles. The lowest BCUT2D eigenvalue weighted by molar-refractivity contribution is 0.0927. The summed E-state index contributed by atoms with van der Waals surface area (Å²) in [6, 6.07) is 17.7. The topological polar surface area (TPSA) is 74.5 Å². The molecule has 0 bridgehead atoms. The third-order valence-electron chi connectivity index (χ3n) is 7.06. The van der Waals surface area contributed by atoms with Crippen LogP contribution in [0, 0.1) is 11.3 Å². The van der Waals surface area contributed by atoms with Crippen molar-refractivity contribution in [3.05, 3.63) is 81.2 Å². The normalized spacial score (nSPS) is 15.9. The van der Waals surface area contributed by atoms with E-state index < -0.39 is 0 Å². The van der Waals surface area contributed by atoms with Gasteiger partial charge < -0.3 is 10.1 Å². The zero-order valence-electron chi connectivity index (χ0n) is 20.5. The van der Waals surface area contributed by atoms with Gasteiger partial charge >= 0.3 is 0 Å². The number of nitrogens with zero attached hydrogens (tertiary/aromatic N) is 2. The van der Waals surface area contributed by atoms with Gasteiger partial charge in [0.15, 0.2) is 0 Å². The quantitative estimate of drug-likeness (QED) is 0.361. The fraction of sp³-hybridized carbons (Fsp3) is 0.367. The zero-order chi connectivity index (χ0) is 24.7. The lowest BCUT2D eigenvalue weighted by Gasteiger charge is -2.23. The molecule has 0 radical (unpaired) electrons. The van der Waals surface area contributed by atoms with Gasteiger partial charge in [-0.25, -0.2) is 4.99 Å². The van der Waals surface area contributed by atoms with Gasteiger partial charge in [0.05, 0.1) is 17.2 Å². The van der Waals surface area contributed by atoms with Crippen LogP contribution in [0.5, 0.6) is 5.75 Å². The molecule has 0 atom stereocenters. The molecule has 1 amide bonds. The monoisotopic (exact) mass is 497 g/mol. The summed E-state index contributed by atoms with van der Waals surface area (Å²) in [4.78, 5) is 19.5. The molecule has 1 fully saturated rings. The Labute approximate surface area is 216 Å². The average Bonchev–Trinajstić information content (AvgIpc) is 3.30. The molecule has 1 saturated carbocycles. The van der Waals surface area contributed by atoms with Gasteiger partial charge in [-0.2, -0.15) is 5.26 Å². The summed E-state index contributed by atoms with van der Waals surface area (Å²) < 4.78 is 5.88. The Kier molecular flexibility index (Phi) is 7.78. The number of hydrogen-bond donors (Lipinski definition) is 1. The Balaban J connectivity index is 1.29. The highest BCUT2D eigenvalue weighted by molar-refractivity contribution is 7.16. The van der Waals surface area contributed by atoms with Crippen LogP contribution in [0.3, 0.4) is 0 Å². The molecular formula is C30H31N3O2S. The maximum absolute atomic E-state index is 13.3. The van der Waals surface area contributed by atoms with Gasteiger partial charge in [0.2, 0.25) is 0 Å². The van der Waals surface area contributed by atoms with E-state index in [4.69, 9.17) is 9.73 Å². The van der Waals surface area contributed by atoms with Crippen molar-refractivity contribution in [2.24, 2.45) is 4.99 Å². The van der Waals surface area contributed by atoms with Crippen LogP contribution in [0.2, 0.25) is 0 Å². The molecule has 2 aliphatic carbocycles. The summed E-state index contributed by atoms with van der Waals surface area (Å²) >= 11 is 1.67. The van der Waals surface area contributed by atoms with Crippen LogP contribution >= 0.6 is 11.3 Å². The predicted molar refractivity (Wildman–Crippen MR) is 144 cm³/mol. The molecule has 1 N–H and O–H groups in total. The number of amides is 1. The number of hydrogen-bond acceptors (Lipinski definition) is 5. The average molecular weight is 498 g/mol. The largest absolute Gasteiger partial charge is 0.489 e. The fourth-order valence-electron chi connectivity index (χ4n) is 5.08. The molecule has 0 saturated heterocycles. The van der Waals surface area contributed by atoms with Gasteiger partial charge in [-0.05, 0) is 80.0 Å². The molecule has 2 aliphatic rings. The van der Waals surface area contributed by atoms with E-state index in [2.05, 4.69) is 11.4 Å². The summed E-state index contributed by atoms with van der Waals surface area (Å²) in [5, 5.41) is 13.4. The van der Waals surface area contributed by atoms with E-state index in [1.807, 2.05) is 48.7 Å². The van der Waals surface area contributed by atoms with E-state index in [0.29, 0.717) is 12.2 Å². The van der Waals surface area contributed by atoms with E-state index in [-0.39, 0.29) is 11.9 Å². The molecule has 0 aliphatic heterocycles. The van der Waals surface area contributed by atoms with Gasteiger partial charge in [-0.3, -0.25) is 4.79 Å². The van der Waals surface area contributed by atoms with E-state index in [0.717, 1.165) is 59.5 Å². The molecule has 0 unspecified atom stereocenters. The van der Waals surface area contributed by atoms with Gasteiger partial charge in [0.1, 0.15) is 17.4 Å². The summed E-state index contributed by atoms with van der Waals surface area (Å²) in [6.45, 7) is 0.345. The molecule has 2 aromatic carbocycles.